The molecule has 1 aromatic rings. The molecule has 1 aliphatic rings. The van der Waals surface area contributed by atoms with Crippen molar-refractivity contribution < 1.29 is 14.6 Å². The molecule has 3 heteroatoms. The van der Waals surface area contributed by atoms with Gasteiger partial charge in [0.05, 0.1) is 13.2 Å². The van der Waals surface area contributed by atoms with E-state index in [-0.39, 0.29) is 5.78 Å². The van der Waals surface area contributed by atoms with E-state index in [0.29, 0.717) is 17.6 Å². The third-order valence-electron chi connectivity index (χ3n) is 2.78. The van der Waals surface area contributed by atoms with Crippen LogP contribution in [-0.2, 0) is 0 Å². The maximum Gasteiger partial charge on any atom is 0.191 e. The Hall–Kier alpha value is -1.61. The molecule has 0 radical (unpaired) electrons. The summed E-state index contributed by atoms with van der Waals surface area (Å²) in [6.45, 7) is 0. The third kappa shape index (κ3) is 1.99. The van der Waals surface area contributed by atoms with Crippen LogP contribution in [0.1, 0.15) is 23.2 Å². The predicted molar refractivity (Wildman–Crippen MR) is 60.6 cm³/mol. The summed E-state index contributed by atoms with van der Waals surface area (Å²) >= 11 is 0. The molecular formula is C13H14O3. The van der Waals surface area contributed by atoms with E-state index in [1.165, 1.54) is 0 Å². The Kier molecular flexibility index (Phi) is 3.06. The molecule has 0 saturated heterocycles. The lowest BCUT2D eigenvalue weighted by Crippen LogP contribution is -2.14. The molecule has 1 aliphatic carbocycles. The topological polar surface area (TPSA) is 46.5 Å². The van der Waals surface area contributed by atoms with Crippen molar-refractivity contribution in [2.24, 2.45) is 0 Å². The van der Waals surface area contributed by atoms with Crippen molar-refractivity contribution in [1.29, 1.82) is 0 Å². The Balaban J connectivity index is 2.20. The van der Waals surface area contributed by atoms with Gasteiger partial charge in [-0.2, -0.15) is 0 Å². The first-order valence-corrected chi connectivity index (χ1v) is 5.29. The largest absolute Gasteiger partial charge is 0.497 e. The van der Waals surface area contributed by atoms with Gasteiger partial charge in [-0.15, -0.1) is 0 Å². The first-order valence-electron chi connectivity index (χ1n) is 5.29. The SMILES string of the molecule is COc1ccc(C(=O)C2=CCCC2O)cc1. The van der Waals surface area contributed by atoms with E-state index < -0.39 is 6.10 Å². The van der Waals surface area contributed by atoms with Crippen molar-refractivity contribution in [3.05, 3.63) is 41.5 Å². The van der Waals surface area contributed by atoms with Crippen molar-refractivity contribution >= 4 is 5.78 Å². The van der Waals surface area contributed by atoms with Gasteiger partial charge in [0, 0.05) is 11.1 Å². The van der Waals surface area contributed by atoms with Gasteiger partial charge in [0.25, 0.3) is 0 Å². The quantitative estimate of drug-likeness (QED) is 0.789. The Morgan fingerprint density at radius 3 is 2.56 bits per heavy atom. The molecule has 0 saturated carbocycles. The lowest BCUT2D eigenvalue weighted by atomic mass is 10.0. The number of rotatable bonds is 3. The van der Waals surface area contributed by atoms with Crippen molar-refractivity contribution in [1.82, 2.24) is 0 Å². The molecule has 0 bridgehead atoms. The van der Waals surface area contributed by atoms with E-state index in [0.717, 1.165) is 12.2 Å². The summed E-state index contributed by atoms with van der Waals surface area (Å²) in [7, 11) is 1.58. The summed E-state index contributed by atoms with van der Waals surface area (Å²) < 4.78 is 5.02. The highest BCUT2D eigenvalue weighted by molar-refractivity contribution is 6.09. The van der Waals surface area contributed by atoms with Gasteiger partial charge < -0.3 is 9.84 Å². The normalized spacial score (nSPS) is 19.4. The molecule has 2 rings (SSSR count). The van der Waals surface area contributed by atoms with E-state index in [1.807, 2.05) is 6.08 Å². The first kappa shape index (κ1) is 10.9. The average Bonchev–Trinajstić information content (AvgIpc) is 2.75. The monoisotopic (exact) mass is 218 g/mol. The van der Waals surface area contributed by atoms with Gasteiger partial charge in [-0.3, -0.25) is 4.79 Å². The van der Waals surface area contributed by atoms with Crippen molar-refractivity contribution in [3.63, 3.8) is 0 Å². The van der Waals surface area contributed by atoms with Crippen LogP contribution < -0.4 is 4.74 Å². The van der Waals surface area contributed by atoms with Crippen molar-refractivity contribution in [3.8, 4) is 5.75 Å². The minimum absolute atomic E-state index is 0.0901. The number of ether oxygens (including phenoxy) is 1. The Morgan fingerprint density at radius 1 is 1.38 bits per heavy atom. The highest BCUT2D eigenvalue weighted by atomic mass is 16.5. The zero-order valence-corrected chi connectivity index (χ0v) is 9.14. The number of benzene rings is 1. The van der Waals surface area contributed by atoms with Crippen LogP contribution in [0, 0.1) is 0 Å². The number of aliphatic hydroxyl groups is 1. The molecule has 0 amide bonds. The Labute approximate surface area is 94.4 Å². The highest BCUT2D eigenvalue weighted by Crippen LogP contribution is 2.23. The number of hydrogen-bond acceptors (Lipinski definition) is 3. The van der Waals surface area contributed by atoms with Crippen LogP contribution in [0.3, 0.4) is 0 Å². The second-order valence-corrected chi connectivity index (χ2v) is 3.81. The molecule has 84 valence electrons. The molecule has 0 heterocycles. The van der Waals surface area contributed by atoms with Crippen LogP contribution in [-0.4, -0.2) is 24.1 Å². The van der Waals surface area contributed by atoms with Crippen LogP contribution in [0.4, 0.5) is 0 Å². The van der Waals surface area contributed by atoms with E-state index >= 15 is 0 Å². The fourth-order valence-electron chi connectivity index (χ4n) is 1.84. The number of carbonyl (C=O) groups excluding carboxylic acids is 1. The number of carbonyl (C=O) groups is 1. The summed E-state index contributed by atoms with van der Waals surface area (Å²) in [5.41, 5.74) is 1.11. The van der Waals surface area contributed by atoms with Gasteiger partial charge in [-0.25, -0.2) is 0 Å². The molecule has 16 heavy (non-hydrogen) atoms. The number of ketones is 1. The Bertz CT molecular complexity index is 417. The second kappa shape index (κ2) is 4.49. The summed E-state index contributed by atoms with van der Waals surface area (Å²) in [5, 5.41) is 9.61. The van der Waals surface area contributed by atoms with Gasteiger partial charge in [-0.05, 0) is 37.1 Å². The van der Waals surface area contributed by atoms with Crippen molar-refractivity contribution in [2.45, 2.75) is 18.9 Å². The summed E-state index contributed by atoms with van der Waals surface area (Å²) in [6, 6.07) is 6.92. The van der Waals surface area contributed by atoms with Crippen LogP contribution in [0.25, 0.3) is 0 Å². The molecule has 0 aromatic heterocycles. The van der Waals surface area contributed by atoms with Crippen LogP contribution >= 0.6 is 0 Å². The number of aliphatic hydroxyl groups excluding tert-OH is 1. The molecule has 3 nitrogen and oxygen atoms in total. The zero-order chi connectivity index (χ0) is 11.5. The summed E-state index contributed by atoms with van der Waals surface area (Å²) in [5.74, 6) is 0.630. The second-order valence-electron chi connectivity index (χ2n) is 3.81. The van der Waals surface area contributed by atoms with Gasteiger partial charge in [0.1, 0.15) is 5.75 Å². The van der Waals surface area contributed by atoms with Crippen molar-refractivity contribution in [2.75, 3.05) is 7.11 Å². The van der Waals surface area contributed by atoms with E-state index in [9.17, 15) is 9.90 Å². The predicted octanol–water partition coefficient (Wildman–Crippen LogP) is 1.96. The number of allylic oxidation sites excluding steroid dienone is 1. The maximum atomic E-state index is 12.0. The molecule has 1 unspecified atom stereocenters. The van der Waals surface area contributed by atoms with Gasteiger partial charge in [0.2, 0.25) is 0 Å². The molecule has 0 spiro atoms. The zero-order valence-electron chi connectivity index (χ0n) is 9.14. The van der Waals surface area contributed by atoms with Gasteiger partial charge >= 0.3 is 0 Å². The first-order chi connectivity index (χ1) is 7.72. The number of hydrogen-bond donors (Lipinski definition) is 1. The number of methoxy groups -OCH3 is 1. The van der Waals surface area contributed by atoms with E-state index in [1.54, 1.807) is 31.4 Å². The minimum atomic E-state index is -0.602. The maximum absolute atomic E-state index is 12.0. The molecule has 1 N–H and O–H groups in total. The van der Waals surface area contributed by atoms with Gasteiger partial charge in [-0.1, -0.05) is 6.08 Å². The Morgan fingerprint density at radius 2 is 2.06 bits per heavy atom. The molecule has 1 atom stereocenters. The smallest absolute Gasteiger partial charge is 0.191 e. The standard InChI is InChI=1S/C13H14O3/c1-16-10-7-5-9(6-8-10)13(15)11-3-2-4-12(11)14/h3,5-8,12,14H,2,4H2,1H3. The lowest BCUT2D eigenvalue weighted by molar-refractivity contribution is 0.0992. The van der Waals surface area contributed by atoms with E-state index in [2.05, 4.69) is 0 Å². The fraction of sp³-hybridized carbons (Fsp3) is 0.308. The highest BCUT2D eigenvalue weighted by Gasteiger charge is 2.23. The molecule has 0 aliphatic heterocycles. The van der Waals surface area contributed by atoms with Crippen LogP contribution in [0.2, 0.25) is 0 Å². The lowest BCUT2D eigenvalue weighted by Gasteiger charge is -2.07. The summed E-state index contributed by atoms with van der Waals surface area (Å²) in [4.78, 5) is 12.0. The van der Waals surface area contributed by atoms with E-state index in [4.69, 9.17) is 4.74 Å². The molecule has 1 aromatic carbocycles. The summed E-state index contributed by atoms with van der Waals surface area (Å²) in [6.07, 6.45) is 2.64. The molecule has 0 fully saturated rings. The fourth-order valence-corrected chi connectivity index (χ4v) is 1.84. The number of Topliss-reactive ketones (excluding diaryl/α,β-unsaturated/α-hetero) is 1. The van der Waals surface area contributed by atoms with Crippen LogP contribution in [0.15, 0.2) is 35.9 Å². The molecular weight excluding hydrogens is 204 g/mol. The van der Waals surface area contributed by atoms with Crippen LogP contribution in [0.5, 0.6) is 5.75 Å². The van der Waals surface area contributed by atoms with Gasteiger partial charge in [0.15, 0.2) is 5.78 Å². The average molecular weight is 218 g/mol. The minimum Gasteiger partial charge on any atom is -0.497 e. The third-order valence-corrected chi connectivity index (χ3v) is 2.78.